The molecule has 0 radical (unpaired) electrons. The van der Waals surface area contributed by atoms with Crippen LogP contribution in [0, 0.1) is 11.6 Å². The van der Waals surface area contributed by atoms with Gasteiger partial charge in [-0.2, -0.15) is 0 Å². The van der Waals surface area contributed by atoms with Gasteiger partial charge in [-0.25, -0.2) is 17.2 Å². The molecular formula is C25H25F2N3O3S. The summed E-state index contributed by atoms with van der Waals surface area (Å²) in [6.07, 6.45) is 1.44. The van der Waals surface area contributed by atoms with Crippen molar-refractivity contribution in [3.05, 3.63) is 95.6 Å². The summed E-state index contributed by atoms with van der Waals surface area (Å²) in [5.74, 6) is -1.99. The molecule has 0 aliphatic carbocycles. The van der Waals surface area contributed by atoms with Crippen LogP contribution in [-0.4, -0.2) is 38.4 Å². The minimum absolute atomic E-state index is 0.0293. The third-order valence-corrected chi connectivity index (χ3v) is 7.14. The van der Waals surface area contributed by atoms with Crippen molar-refractivity contribution in [1.29, 1.82) is 0 Å². The third kappa shape index (κ3) is 5.98. The average Bonchev–Trinajstić information content (AvgIpc) is 2.83. The second kappa shape index (κ2) is 10.3. The lowest BCUT2D eigenvalue weighted by Crippen LogP contribution is -2.44. The van der Waals surface area contributed by atoms with E-state index in [9.17, 15) is 22.0 Å². The van der Waals surface area contributed by atoms with Crippen LogP contribution in [0.4, 0.5) is 14.5 Å². The topological polar surface area (TPSA) is 78.5 Å². The molecule has 3 aromatic carbocycles. The number of anilines is 1. The van der Waals surface area contributed by atoms with Gasteiger partial charge in [-0.05, 0) is 60.9 Å². The van der Waals surface area contributed by atoms with Crippen molar-refractivity contribution in [1.82, 2.24) is 10.2 Å². The maximum atomic E-state index is 13.4. The Balaban J connectivity index is 1.32. The van der Waals surface area contributed by atoms with Gasteiger partial charge in [0, 0.05) is 36.9 Å². The van der Waals surface area contributed by atoms with E-state index in [4.69, 9.17) is 0 Å². The zero-order chi connectivity index (χ0) is 24.1. The van der Waals surface area contributed by atoms with Gasteiger partial charge in [0.15, 0.2) is 11.6 Å². The summed E-state index contributed by atoms with van der Waals surface area (Å²) in [5.41, 5.74) is 1.37. The molecule has 1 amide bonds. The highest BCUT2D eigenvalue weighted by Crippen LogP contribution is 2.19. The predicted octanol–water partition coefficient (Wildman–Crippen LogP) is 4.16. The van der Waals surface area contributed by atoms with Gasteiger partial charge in [0.05, 0.1) is 4.90 Å². The maximum absolute atomic E-state index is 13.4. The van der Waals surface area contributed by atoms with Crippen LogP contribution in [0.25, 0.3) is 0 Å². The number of benzene rings is 3. The largest absolute Gasteiger partial charge is 0.349 e. The van der Waals surface area contributed by atoms with Crippen molar-refractivity contribution < 1.29 is 22.0 Å². The van der Waals surface area contributed by atoms with E-state index in [0.717, 1.165) is 18.9 Å². The highest BCUT2D eigenvalue weighted by atomic mass is 32.2. The van der Waals surface area contributed by atoms with Gasteiger partial charge in [0.1, 0.15) is 0 Å². The molecule has 178 valence electrons. The smallest absolute Gasteiger partial charge is 0.261 e. The van der Waals surface area contributed by atoms with Crippen molar-refractivity contribution >= 4 is 21.6 Å². The van der Waals surface area contributed by atoms with E-state index in [0.29, 0.717) is 36.4 Å². The van der Waals surface area contributed by atoms with E-state index in [-0.39, 0.29) is 16.8 Å². The number of carbonyl (C=O) groups is 1. The van der Waals surface area contributed by atoms with Crippen molar-refractivity contribution in [3.63, 3.8) is 0 Å². The van der Waals surface area contributed by atoms with Crippen LogP contribution in [0.15, 0.2) is 77.7 Å². The SMILES string of the molecule is O=C(NC1CCN(Cc2ccc(F)c(F)c2)CC1)c1cccc(NS(=O)(=O)c2ccccc2)c1. The summed E-state index contributed by atoms with van der Waals surface area (Å²) in [6.45, 7) is 1.93. The zero-order valence-corrected chi connectivity index (χ0v) is 19.2. The Morgan fingerprint density at radius 1 is 0.912 bits per heavy atom. The summed E-state index contributed by atoms with van der Waals surface area (Å²) >= 11 is 0. The van der Waals surface area contributed by atoms with E-state index in [1.54, 1.807) is 42.5 Å². The molecule has 0 atom stereocenters. The molecule has 34 heavy (non-hydrogen) atoms. The van der Waals surface area contributed by atoms with E-state index < -0.39 is 21.7 Å². The molecule has 0 saturated carbocycles. The molecule has 3 aromatic rings. The number of carbonyl (C=O) groups excluding carboxylic acids is 1. The average molecular weight is 486 g/mol. The Morgan fingerprint density at radius 2 is 1.65 bits per heavy atom. The quantitative estimate of drug-likeness (QED) is 0.527. The van der Waals surface area contributed by atoms with Crippen molar-refractivity contribution in [3.8, 4) is 0 Å². The molecule has 1 fully saturated rings. The Bertz CT molecular complexity index is 1260. The molecule has 2 N–H and O–H groups in total. The molecule has 1 aliphatic heterocycles. The third-order valence-electron chi connectivity index (χ3n) is 5.74. The molecule has 6 nitrogen and oxygen atoms in total. The fourth-order valence-corrected chi connectivity index (χ4v) is 5.01. The lowest BCUT2D eigenvalue weighted by atomic mass is 10.0. The first kappa shape index (κ1) is 23.8. The van der Waals surface area contributed by atoms with E-state index >= 15 is 0 Å². The Labute approximate surface area is 197 Å². The Morgan fingerprint density at radius 3 is 2.35 bits per heavy atom. The molecular weight excluding hydrogens is 460 g/mol. The molecule has 9 heteroatoms. The van der Waals surface area contributed by atoms with Gasteiger partial charge in [0.25, 0.3) is 15.9 Å². The van der Waals surface area contributed by atoms with E-state index in [1.165, 1.54) is 24.3 Å². The number of hydrogen-bond acceptors (Lipinski definition) is 4. The molecule has 0 aromatic heterocycles. The monoisotopic (exact) mass is 485 g/mol. The summed E-state index contributed by atoms with van der Waals surface area (Å²) < 4.78 is 54.1. The fraction of sp³-hybridized carbons (Fsp3) is 0.240. The normalized spacial score (nSPS) is 15.1. The van der Waals surface area contributed by atoms with Gasteiger partial charge in [-0.1, -0.05) is 30.3 Å². The number of piperidine rings is 1. The summed E-state index contributed by atoms with van der Waals surface area (Å²) in [7, 11) is -3.75. The minimum atomic E-state index is -3.75. The van der Waals surface area contributed by atoms with Crippen molar-refractivity contribution in [2.45, 2.75) is 30.3 Å². The van der Waals surface area contributed by atoms with Gasteiger partial charge in [0.2, 0.25) is 0 Å². The first-order valence-electron chi connectivity index (χ1n) is 11.0. The first-order chi connectivity index (χ1) is 16.3. The second-order valence-corrected chi connectivity index (χ2v) is 9.95. The van der Waals surface area contributed by atoms with Crippen LogP contribution < -0.4 is 10.0 Å². The van der Waals surface area contributed by atoms with Gasteiger partial charge in [-0.15, -0.1) is 0 Å². The summed E-state index contributed by atoms with van der Waals surface area (Å²) in [4.78, 5) is 15.0. The van der Waals surface area contributed by atoms with E-state index in [2.05, 4.69) is 14.9 Å². The second-order valence-electron chi connectivity index (χ2n) is 8.27. The van der Waals surface area contributed by atoms with Crippen LogP contribution in [0.3, 0.4) is 0 Å². The minimum Gasteiger partial charge on any atom is -0.349 e. The van der Waals surface area contributed by atoms with Gasteiger partial charge in [-0.3, -0.25) is 14.4 Å². The maximum Gasteiger partial charge on any atom is 0.261 e. The standard InChI is InChI=1S/C25H25F2N3O3S/c26-23-10-9-18(15-24(23)27)17-30-13-11-20(12-14-30)28-25(31)19-5-4-6-21(16-19)29-34(32,33)22-7-2-1-3-8-22/h1-10,15-16,20,29H,11-14,17H2,(H,28,31). The van der Waals surface area contributed by atoms with Crippen LogP contribution in [0.5, 0.6) is 0 Å². The number of likely N-dealkylation sites (tertiary alicyclic amines) is 1. The zero-order valence-electron chi connectivity index (χ0n) is 18.4. The summed E-state index contributed by atoms with van der Waals surface area (Å²) in [5, 5.41) is 3.01. The fourth-order valence-electron chi connectivity index (χ4n) is 3.94. The lowest BCUT2D eigenvalue weighted by molar-refractivity contribution is 0.0909. The van der Waals surface area contributed by atoms with Gasteiger partial charge < -0.3 is 5.32 Å². The Kier molecular flexibility index (Phi) is 7.23. The van der Waals surface area contributed by atoms with Crippen LogP contribution in [0.1, 0.15) is 28.8 Å². The molecule has 0 unspecified atom stereocenters. The molecule has 1 aliphatic rings. The van der Waals surface area contributed by atoms with Crippen LogP contribution in [0.2, 0.25) is 0 Å². The molecule has 0 bridgehead atoms. The number of sulfonamides is 1. The first-order valence-corrected chi connectivity index (χ1v) is 12.4. The number of rotatable bonds is 7. The molecule has 4 rings (SSSR count). The van der Waals surface area contributed by atoms with Crippen molar-refractivity contribution in [2.75, 3.05) is 17.8 Å². The highest BCUT2D eigenvalue weighted by Gasteiger charge is 2.22. The number of halogens is 2. The summed E-state index contributed by atoms with van der Waals surface area (Å²) in [6, 6.07) is 18.3. The predicted molar refractivity (Wildman–Crippen MR) is 126 cm³/mol. The number of nitrogens with zero attached hydrogens (tertiary/aromatic N) is 1. The lowest BCUT2D eigenvalue weighted by Gasteiger charge is -2.32. The number of amides is 1. The Hall–Kier alpha value is -3.30. The number of hydrogen-bond donors (Lipinski definition) is 2. The van der Waals surface area contributed by atoms with E-state index in [1.807, 2.05) is 0 Å². The molecule has 1 saturated heterocycles. The van der Waals surface area contributed by atoms with Gasteiger partial charge >= 0.3 is 0 Å². The highest BCUT2D eigenvalue weighted by molar-refractivity contribution is 7.92. The van der Waals surface area contributed by atoms with Crippen LogP contribution in [-0.2, 0) is 16.6 Å². The molecule has 0 spiro atoms. The van der Waals surface area contributed by atoms with Crippen LogP contribution >= 0.6 is 0 Å². The molecule has 1 heterocycles. The van der Waals surface area contributed by atoms with Crippen molar-refractivity contribution in [2.24, 2.45) is 0 Å². The number of nitrogens with one attached hydrogen (secondary N) is 2.